The second kappa shape index (κ2) is 6.27. The predicted molar refractivity (Wildman–Crippen MR) is 74.2 cm³/mol. The van der Waals surface area contributed by atoms with E-state index in [9.17, 15) is 4.79 Å². The van der Waals surface area contributed by atoms with Crippen LogP contribution >= 0.6 is 0 Å². The highest BCUT2D eigenvalue weighted by molar-refractivity contribution is 6.00. The number of hydrogen-bond donors (Lipinski definition) is 1. The van der Waals surface area contributed by atoms with Gasteiger partial charge >= 0.3 is 0 Å². The van der Waals surface area contributed by atoms with E-state index in [0.29, 0.717) is 5.56 Å². The first kappa shape index (κ1) is 13.5. The van der Waals surface area contributed by atoms with Gasteiger partial charge in [0.1, 0.15) is 5.82 Å². The lowest BCUT2D eigenvalue weighted by atomic mass is 9.92. The molecule has 1 unspecified atom stereocenters. The molecule has 1 atom stereocenters. The molecule has 0 aliphatic carbocycles. The summed E-state index contributed by atoms with van der Waals surface area (Å²) in [5, 5.41) is 0. The molecule has 0 fully saturated rings. The van der Waals surface area contributed by atoms with Gasteiger partial charge in [0.05, 0.1) is 5.92 Å². The van der Waals surface area contributed by atoms with E-state index >= 15 is 0 Å². The van der Waals surface area contributed by atoms with E-state index in [2.05, 4.69) is 21.9 Å². The summed E-state index contributed by atoms with van der Waals surface area (Å²) in [5.41, 5.74) is 1.68. The Hall–Kier alpha value is -1.97. The van der Waals surface area contributed by atoms with Gasteiger partial charge in [-0.3, -0.25) is 9.78 Å². The summed E-state index contributed by atoms with van der Waals surface area (Å²) in [7, 11) is 0. The van der Waals surface area contributed by atoms with Gasteiger partial charge in [-0.2, -0.15) is 0 Å². The minimum absolute atomic E-state index is 0.116. The number of hydrogen-bond acceptors (Lipinski definition) is 3. The summed E-state index contributed by atoms with van der Waals surface area (Å²) >= 11 is 0. The van der Waals surface area contributed by atoms with Crippen LogP contribution in [0.25, 0.3) is 0 Å². The Morgan fingerprint density at radius 2 is 2.11 bits per heavy atom. The van der Waals surface area contributed by atoms with Crippen molar-refractivity contribution in [1.82, 2.24) is 15.0 Å². The van der Waals surface area contributed by atoms with Crippen LogP contribution in [0.3, 0.4) is 0 Å². The van der Waals surface area contributed by atoms with Crippen molar-refractivity contribution in [2.45, 2.75) is 39.0 Å². The zero-order valence-corrected chi connectivity index (χ0v) is 11.4. The molecule has 1 N–H and O–H groups in total. The molecule has 0 aliphatic rings. The number of aromatic amines is 1. The Bertz CT molecular complexity index is 533. The first-order valence-electron chi connectivity index (χ1n) is 6.68. The second-order valence-corrected chi connectivity index (χ2v) is 4.75. The number of carbonyl (C=O) groups excluding carboxylic acids is 1. The van der Waals surface area contributed by atoms with Crippen molar-refractivity contribution >= 4 is 5.78 Å². The molecule has 0 amide bonds. The first-order valence-corrected chi connectivity index (χ1v) is 6.68. The van der Waals surface area contributed by atoms with Crippen LogP contribution in [0.15, 0.2) is 30.7 Å². The molecule has 2 aromatic heterocycles. The van der Waals surface area contributed by atoms with Crippen molar-refractivity contribution in [1.29, 1.82) is 0 Å². The van der Waals surface area contributed by atoms with Crippen LogP contribution in [0.4, 0.5) is 0 Å². The minimum Gasteiger partial charge on any atom is -0.345 e. The Morgan fingerprint density at radius 1 is 1.37 bits per heavy atom. The minimum atomic E-state index is -0.184. The van der Waals surface area contributed by atoms with E-state index < -0.39 is 0 Å². The van der Waals surface area contributed by atoms with E-state index in [4.69, 9.17) is 0 Å². The highest BCUT2D eigenvalue weighted by Crippen LogP contribution is 2.24. The van der Waals surface area contributed by atoms with Gasteiger partial charge in [-0.15, -0.1) is 0 Å². The normalized spacial score (nSPS) is 12.3. The predicted octanol–water partition coefficient (Wildman–Crippen LogP) is 3.27. The van der Waals surface area contributed by atoms with Gasteiger partial charge in [-0.05, 0) is 25.5 Å². The second-order valence-electron chi connectivity index (χ2n) is 4.75. The highest BCUT2D eigenvalue weighted by Gasteiger charge is 2.23. The van der Waals surface area contributed by atoms with Crippen LogP contribution in [0.1, 0.15) is 54.0 Å². The maximum Gasteiger partial charge on any atom is 0.173 e. The number of ketones is 1. The summed E-state index contributed by atoms with van der Waals surface area (Å²) < 4.78 is 0. The van der Waals surface area contributed by atoms with Gasteiger partial charge in [0.15, 0.2) is 5.78 Å². The average molecular weight is 257 g/mol. The molecule has 0 aliphatic heterocycles. The standard InChI is InChI=1S/C15H19N3O/c1-3-4-5-13(15-17-10-11(2)18-15)14(19)12-6-8-16-9-7-12/h6-10,13H,3-5H2,1-2H3,(H,17,18). The molecule has 0 spiro atoms. The fraction of sp³-hybridized carbons (Fsp3) is 0.400. The molecule has 0 radical (unpaired) electrons. The van der Waals surface area contributed by atoms with Gasteiger partial charge in [-0.1, -0.05) is 19.8 Å². The van der Waals surface area contributed by atoms with E-state index in [1.165, 1.54) is 0 Å². The number of pyridine rings is 1. The first-order chi connectivity index (χ1) is 9.22. The summed E-state index contributed by atoms with van der Waals surface area (Å²) in [4.78, 5) is 24.0. The van der Waals surface area contributed by atoms with Crippen molar-refractivity contribution in [3.8, 4) is 0 Å². The van der Waals surface area contributed by atoms with E-state index in [1.807, 2.05) is 6.92 Å². The molecule has 0 saturated heterocycles. The zero-order chi connectivity index (χ0) is 13.7. The van der Waals surface area contributed by atoms with E-state index in [0.717, 1.165) is 30.8 Å². The SMILES string of the molecule is CCCCC(C(=O)c1ccncc1)c1ncc(C)[nH]1. The molecule has 2 heterocycles. The zero-order valence-electron chi connectivity index (χ0n) is 11.4. The molecular formula is C15H19N3O. The van der Waals surface area contributed by atoms with Crippen LogP contribution in [-0.2, 0) is 0 Å². The lowest BCUT2D eigenvalue weighted by molar-refractivity contribution is 0.0950. The highest BCUT2D eigenvalue weighted by atomic mass is 16.1. The van der Waals surface area contributed by atoms with Crippen LogP contribution in [0, 0.1) is 6.92 Å². The maximum absolute atomic E-state index is 12.6. The van der Waals surface area contributed by atoms with Gasteiger partial charge in [0.25, 0.3) is 0 Å². The third-order valence-electron chi connectivity index (χ3n) is 3.18. The molecule has 100 valence electrons. The van der Waals surface area contributed by atoms with E-state index in [1.54, 1.807) is 30.7 Å². The monoisotopic (exact) mass is 257 g/mol. The fourth-order valence-corrected chi connectivity index (χ4v) is 2.13. The Balaban J connectivity index is 2.25. The third kappa shape index (κ3) is 3.28. The number of rotatable bonds is 6. The number of nitrogens with one attached hydrogen (secondary N) is 1. The quantitative estimate of drug-likeness (QED) is 0.808. The van der Waals surface area contributed by atoms with Crippen molar-refractivity contribution in [2.75, 3.05) is 0 Å². The van der Waals surface area contributed by atoms with Crippen molar-refractivity contribution in [3.63, 3.8) is 0 Å². The maximum atomic E-state index is 12.6. The summed E-state index contributed by atoms with van der Waals surface area (Å²) in [6, 6.07) is 3.52. The number of unbranched alkanes of at least 4 members (excludes halogenated alkanes) is 1. The van der Waals surface area contributed by atoms with E-state index in [-0.39, 0.29) is 11.7 Å². The largest absolute Gasteiger partial charge is 0.345 e. The van der Waals surface area contributed by atoms with Gasteiger partial charge in [-0.25, -0.2) is 4.98 Å². The number of aromatic nitrogens is 3. The number of Topliss-reactive ketones (excluding diaryl/α,β-unsaturated/α-hetero) is 1. The van der Waals surface area contributed by atoms with Gasteiger partial charge in [0.2, 0.25) is 0 Å². The number of carbonyl (C=O) groups is 1. The molecule has 2 rings (SSSR count). The molecular weight excluding hydrogens is 238 g/mol. The van der Waals surface area contributed by atoms with Crippen LogP contribution in [0.5, 0.6) is 0 Å². The fourth-order valence-electron chi connectivity index (χ4n) is 2.13. The summed E-state index contributed by atoms with van der Waals surface area (Å²) in [6.07, 6.45) is 7.98. The summed E-state index contributed by atoms with van der Waals surface area (Å²) in [5.74, 6) is 0.703. The molecule has 0 bridgehead atoms. The Kier molecular flexibility index (Phi) is 4.44. The van der Waals surface area contributed by atoms with Crippen LogP contribution in [0.2, 0.25) is 0 Å². The number of H-pyrrole nitrogens is 1. The van der Waals surface area contributed by atoms with Crippen LogP contribution in [-0.4, -0.2) is 20.7 Å². The topological polar surface area (TPSA) is 58.6 Å². The molecule has 4 nitrogen and oxygen atoms in total. The number of aryl methyl sites for hydroxylation is 1. The van der Waals surface area contributed by atoms with Gasteiger partial charge < -0.3 is 4.98 Å². The number of imidazole rings is 1. The average Bonchev–Trinajstić information content (AvgIpc) is 2.86. The Morgan fingerprint density at radius 3 is 2.68 bits per heavy atom. The number of nitrogens with zero attached hydrogens (tertiary/aromatic N) is 2. The molecule has 0 aromatic carbocycles. The van der Waals surface area contributed by atoms with Crippen molar-refractivity contribution in [2.24, 2.45) is 0 Å². The molecule has 4 heteroatoms. The Labute approximate surface area is 113 Å². The smallest absolute Gasteiger partial charge is 0.173 e. The van der Waals surface area contributed by atoms with Crippen molar-refractivity contribution < 1.29 is 4.79 Å². The molecule has 19 heavy (non-hydrogen) atoms. The van der Waals surface area contributed by atoms with Gasteiger partial charge in [0, 0.05) is 29.8 Å². The van der Waals surface area contributed by atoms with Crippen molar-refractivity contribution in [3.05, 3.63) is 47.8 Å². The summed E-state index contributed by atoms with van der Waals surface area (Å²) in [6.45, 7) is 4.08. The molecule has 0 saturated carbocycles. The molecule has 2 aromatic rings. The lowest BCUT2D eigenvalue weighted by Gasteiger charge is -2.13. The van der Waals surface area contributed by atoms with Crippen LogP contribution < -0.4 is 0 Å². The third-order valence-corrected chi connectivity index (χ3v) is 3.18. The lowest BCUT2D eigenvalue weighted by Crippen LogP contribution is -2.14.